The molecule has 178 valence electrons. The van der Waals surface area contributed by atoms with Crippen molar-refractivity contribution in [2.45, 2.75) is 25.9 Å². The van der Waals surface area contributed by atoms with Gasteiger partial charge in [0.05, 0.1) is 17.3 Å². The number of aryl methyl sites for hydroxylation is 1. The predicted octanol–water partition coefficient (Wildman–Crippen LogP) is 4.68. The van der Waals surface area contributed by atoms with Gasteiger partial charge in [0.1, 0.15) is 13.7 Å². The van der Waals surface area contributed by atoms with Crippen LogP contribution in [0.3, 0.4) is 0 Å². The van der Waals surface area contributed by atoms with E-state index in [-0.39, 0.29) is 18.4 Å². The van der Waals surface area contributed by atoms with Gasteiger partial charge in [-0.25, -0.2) is 0 Å². The first-order chi connectivity index (χ1) is 15.4. The zero-order chi connectivity index (χ0) is 24.8. The van der Waals surface area contributed by atoms with Crippen molar-refractivity contribution in [3.05, 3.63) is 69.8 Å². The third-order valence-electron chi connectivity index (χ3n) is 4.45. The highest BCUT2D eigenvalue weighted by atomic mass is 19.4. The Labute approximate surface area is 184 Å². The first-order valence-electron chi connectivity index (χ1n) is 9.26. The molecule has 0 aliphatic heterocycles. The standard InChI is InChI=1S/C21H19F6N3O3/c1-12-5-4-6-15(18(30-32-3)19(31)28-2)16(12)11-33-29-10-13-7-8-14(20(22,23)24)9-17(13)21(25,26)27/h4-10H,11H2,1-3H3,(H,28,31)/b29-10+,30-18+. The summed E-state index contributed by atoms with van der Waals surface area (Å²) in [4.78, 5) is 21.9. The van der Waals surface area contributed by atoms with Crippen LogP contribution in [-0.2, 0) is 33.4 Å². The van der Waals surface area contributed by atoms with Gasteiger partial charge in [0, 0.05) is 23.7 Å². The number of nitrogens with zero attached hydrogens (tertiary/aromatic N) is 2. The number of oxime groups is 2. The van der Waals surface area contributed by atoms with Gasteiger partial charge in [-0.3, -0.25) is 4.79 Å². The molecule has 0 aliphatic carbocycles. The number of benzene rings is 2. The Bertz CT molecular complexity index is 1060. The van der Waals surface area contributed by atoms with Crippen LogP contribution in [0.4, 0.5) is 26.3 Å². The van der Waals surface area contributed by atoms with Gasteiger partial charge in [-0.1, -0.05) is 34.6 Å². The van der Waals surface area contributed by atoms with Crippen LogP contribution in [0, 0.1) is 6.92 Å². The van der Waals surface area contributed by atoms with Crippen LogP contribution in [0.2, 0.25) is 0 Å². The van der Waals surface area contributed by atoms with Gasteiger partial charge in [0.15, 0.2) is 5.71 Å². The maximum atomic E-state index is 13.2. The second kappa shape index (κ2) is 10.4. The van der Waals surface area contributed by atoms with E-state index in [2.05, 4.69) is 15.6 Å². The number of rotatable bonds is 7. The fraction of sp³-hybridized carbons (Fsp3) is 0.286. The number of hydrogen-bond donors (Lipinski definition) is 1. The van der Waals surface area contributed by atoms with Gasteiger partial charge in [-0.05, 0) is 24.6 Å². The molecule has 0 spiro atoms. The summed E-state index contributed by atoms with van der Waals surface area (Å²) in [7, 11) is 2.65. The molecule has 0 saturated heterocycles. The molecule has 12 heteroatoms. The highest BCUT2D eigenvalue weighted by Crippen LogP contribution is 2.36. The van der Waals surface area contributed by atoms with E-state index in [1.54, 1.807) is 25.1 Å². The Hall–Kier alpha value is -3.57. The van der Waals surface area contributed by atoms with Gasteiger partial charge < -0.3 is 15.0 Å². The van der Waals surface area contributed by atoms with Crippen LogP contribution in [0.25, 0.3) is 0 Å². The summed E-state index contributed by atoms with van der Waals surface area (Å²) in [5.74, 6) is -0.549. The minimum absolute atomic E-state index is 0.0116. The second-order valence-corrected chi connectivity index (χ2v) is 6.61. The fourth-order valence-electron chi connectivity index (χ4n) is 2.82. The van der Waals surface area contributed by atoms with E-state index in [4.69, 9.17) is 9.68 Å². The molecule has 0 saturated carbocycles. The van der Waals surface area contributed by atoms with Crippen LogP contribution in [0.5, 0.6) is 0 Å². The van der Waals surface area contributed by atoms with E-state index >= 15 is 0 Å². The Morgan fingerprint density at radius 3 is 2.36 bits per heavy atom. The molecule has 6 nitrogen and oxygen atoms in total. The van der Waals surface area contributed by atoms with Crippen molar-refractivity contribution in [3.8, 4) is 0 Å². The highest BCUT2D eigenvalue weighted by Gasteiger charge is 2.37. The van der Waals surface area contributed by atoms with Crippen molar-refractivity contribution in [1.29, 1.82) is 0 Å². The molecule has 0 aromatic heterocycles. The van der Waals surface area contributed by atoms with Gasteiger partial charge in [-0.2, -0.15) is 26.3 Å². The lowest BCUT2D eigenvalue weighted by Gasteiger charge is -2.14. The van der Waals surface area contributed by atoms with E-state index in [0.29, 0.717) is 35.0 Å². The van der Waals surface area contributed by atoms with Crippen LogP contribution < -0.4 is 5.32 Å². The van der Waals surface area contributed by atoms with E-state index < -0.39 is 35.0 Å². The van der Waals surface area contributed by atoms with E-state index in [9.17, 15) is 31.1 Å². The van der Waals surface area contributed by atoms with E-state index in [1.807, 2.05) is 0 Å². The van der Waals surface area contributed by atoms with Gasteiger partial charge >= 0.3 is 12.4 Å². The SMILES string of the molecule is CNC(=O)/C(=N/OC)c1cccc(C)c1CO/N=C/c1ccc(C(F)(F)F)cc1C(F)(F)F. The lowest BCUT2D eigenvalue weighted by atomic mass is 9.98. The number of likely N-dealkylation sites (N-methyl/N-ethyl adjacent to an activating group) is 1. The molecule has 0 fully saturated rings. The summed E-state index contributed by atoms with van der Waals surface area (Å²) in [6.45, 7) is 1.44. The Morgan fingerprint density at radius 2 is 1.79 bits per heavy atom. The van der Waals surface area contributed by atoms with Crippen molar-refractivity contribution in [2.24, 2.45) is 10.3 Å². The Balaban J connectivity index is 2.32. The highest BCUT2D eigenvalue weighted by molar-refractivity contribution is 6.45. The van der Waals surface area contributed by atoms with Crippen molar-refractivity contribution in [3.63, 3.8) is 0 Å². The monoisotopic (exact) mass is 475 g/mol. The van der Waals surface area contributed by atoms with Crippen molar-refractivity contribution >= 4 is 17.8 Å². The summed E-state index contributed by atoms with van der Waals surface area (Å²) >= 11 is 0. The first-order valence-corrected chi connectivity index (χ1v) is 9.26. The normalized spacial score (nSPS) is 12.7. The number of amides is 1. The molecule has 1 N–H and O–H groups in total. The average molecular weight is 475 g/mol. The molecular weight excluding hydrogens is 456 g/mol. The van der Waals surface area contributed by atoms with Crippen molar-refractivity contribution in [2.75, 3.05) is 14.2 Å². The maximum absolute atomic E-state index is 13.2. The molecule has 2 aromatic rings. The van der Waals surface area contributed by atoms with Crippen LogP contribution in [0.1, 0.15) is 33.4 Å². The van der Waals surface area contributed by atoms with Crippen LogP contribution >= 0.6 is 0 Å². The van der Waals surface area contributed by atoms with Crippen LogP contribution in [-0.4, -0.2) is 32.0 Å². The molecule has 0 bridgehead atoms. The molecule has 2 aromatic carbocycles. The molecule has 0 atom stereocenters. The van der Waals surface area contributed by atoms with Gasteiger partial charge in [-0.15, -0.1) is 0 Å². The lowest BCUT2D eigenvalue weighted by molar-refractivity contribution is -0.143. The summed E-state index contributed by atoms with van der Waals surface area (Å²) in [5, 5.41) is 9.59. The second-order valence-electron chi connectivity index (χ2n) is 6.61. The number of hydrogen-bond acceptors (Lipinski definition) is 5. The largest absolute Gasteiger partial charge is 0.417 e. The maximum Gasteiger partial charge on any atom is 0.417 e. The topological polar surface area (TPSA) is 72.3 Å². The van der Waals surface area contributed by atoms with Gasteiger partial charge in [0.25, 0.3) is 5.91 Å². The average Bonchev–Trinajstić information content (AvgIpc) is 2.74. The molecule has 33 heavy (non-hydrogen) atoms. The minimum Gasteiger partial charge on any atom is -0.398 e. The molecule has 0 aliphatic rings. The molecule has 0 unspecified atom stereocenters. The van der Waals surface area contributed by atoms with Crippen molar-refractivity contribution in [1.82, 2.24) is 5.32 Å². The number of carbonyl (C=O) groups is 1. The zero-order valence-electron chi connectivity index (χ0n) is 17.6. The summed E-state index contributed by atoms with van der Waals surface area (Å²) in [5.41, 5.74) is -2.14. The third-order valence-corrected chi connectivity index (χ3v) is 4.45. The number of halogens is 6. The Kier molecular flexibility index (Phi) is 8.07. The van der Waals surface area contributed by atoms with Crippen molar-refractivity contribution < 1.29 is 40.8 Å². The molecule has 0 heterocycles. The molecule has 2 rings (SSSR count). The fourth-order valence-corrected chi connectivity index (χ4v) is 2.82. The molecule has 1 amide bonds. The quantitative estimate of drug-likeness (QED) is 0.359. The number of carbonyl (C=O) groups excluding carboxylic acids is 1. The van der Waals surface area contributed by atoms with Crippen LogP contribution in [0.15, 0.2) is 46.7 Å². The first kappa shape index (κ1) is 25.7. The van der Waals surface area contributed by atoms with E-state index in [0.717, 1.165) is 0 Å². The summed E-state index contributed by atoms with van der Waals surface area (Å²) in [6, 6.07) is 6.12. The third kappa shape index (κ3) is 6.46. The number of nitrogens with one attached hydrogen (secondary N) is 1. The molecule has 0 radical (unpaired) electrons. The lowest BCUT2D eigenvalue weighted by Crippen LogP contribution is -2.29. The van der Waals surface area contributed by atoms with Gasteiger partial charge in [0.2, 0.25) is 0 Å². The van der Waals surface area contributed by atoms with E-state index in [1.165, 1.54) is 14.2 Å². The summed E-state index contributed by atoms with van der Waals surface area (Å²) < 4.78 is 78.1. The Morgan fingerprint density at radius 1 is 1.09 bits per heavy atom. The number of alkyl halides is 6. The smallest absolute Gasteiger partial charge is 0.398 e. The molecular formula is C21H19F6N3O3. The predicted molar refractivity (Wildman–Crippen MR) is 108 cm³/mol. The minimum atomic E-state index is -5.04. The summed E-state index contributed by atoms with van der Waals surface area (Å²) in [6.07, 6.45) is -9.30. The zero-order valence-corrected chi connectivity index (χ0v) is 17.6.